The van der Waals surface area contributed by atoms with E-state index in [1.807, 2.05) is 63.2 Å². The van der Waals surface area contributed by atoms with Crippen molar-refractivity contribution in [1.82, 2.24) is 9.97 Å². The van der Waals surface area contributed by atoms with Crippen molar-refractivity contribution < 1.29 is 42.3 Å². The third-order valence-corrected chi connectivity index (χ3v) is 11.1. The molecule has 4 nitrogen and oxygen atoms in total. The summed E-state index contributed by atoms with van der Waals surface area (Å²) in [7, 11) is 0. The molecule has 9 rings (SSSR count). The number of aryl methyl sites for hydroxylation is 3. The van der Waals surface area contributed by atoms with Gasteiger partial charge in [-0.3, -0.25) is 0 Å². The monoisotopic (exact) mass is 1000 g/mol. The zero-order chi connectivity index (χ0) is 54.0. The van der Waals surface area contributed by atoms with Crippen molar-refractivity contribution in [3.8, 4) is 50.8 Å². The third-order valence-electron chi connectivity index (χ3n) is 11.1. The van der Waals surface area contributed by atoms with Crippen molar-refractivity contribution in [2.75, 3.05) is 0 Å². The second-order valence-corrected chi connectivity index (χ2v) is 17.4. The van der Waals surface area contributed by atoms with Crippen LogP contribution in [0, 0.1) is 54.8 Å². The van der Waals surface area contributed by atoms with E-state index < -0.39 is 38.2 Å². The van der Waals surface area contributed by atoms with Gasteiger partial charge in [-0.25, -0.2) is 0 Å². The van der Waals surface area contributed by atoms with Crippen molar-refractivity contribution >= 4 is 21.9 Å². The van der Waals surface area contributed by atoms with E-state index in [1.54, 1.807) is 36.4 Å². The molecule has 1 saturated carbocycles. The minimum Gasteiger partial charge on any atom is -0.500 e. The Hall–Kier alpha value is -5.66. The van der Waals surface area contributed by atoms with Crippen LogP contribution in [0.2, 0.25) is 0 Å². The summed E-state index contributed by atoms with van der Waals surface area (Å²) in [6, 6.07) is 37.5. The molecule has 0 amide bonds. The van der Waals surface area contributed by atoms with E-state index in [0.29, 0.717) is 63.1 Å². The molecule has 3 aromatic heterocycles. The third kappa shape index (κ3) is 9.69. The van der Waals surface area contributed by atoms with Gasteiger partial charge < -0.3 is 14.4 Å². The number of fused-ring (bicyclic) bond motifs is 3. The summed E-state index contributed by atoms with van der Waals surface area (Å²) < 4.78 is 114. The molecule has 8 aromatic rings. The predicted molar refractivity (Wildman–Crippen MR) is 252 cm³/mol. The zero-order valence-corrected chi connectivity index (χ0v) is 37.8. The number of rotatable bonds is 6. The minimum absolute atomic E-state index is 0. The molecule has 62 heavy (non-hydrogen) atoms. The molecule has 1 aliphatic carbocycles. The Morgan fingerprint density at radius 3 is 2.31 bits per heavy atom. The number of furan rings is 1. The second-order valence-electron chi connectivity index (χ2n) is 17.4. The fraction of sp³-hybridized carbons (Fsp3) is 0.281. The molecular weight excluding hydrogens is 935 g/mol. The Labute approximate surface area is 400 Å². The van der Waals surface area contributed by atoms with Gasteiger partial charge in [0.2, 0.25) is 0 Å². The van der Waals surface area contributed by atoms with Gasteiger partial charge in [0.05, 0.1) is 18.6 Å². The summed E-state index contributed by atoms with van der Waals surface area (Å²) in [5.41, 5.74) is 5.19. The van der Waals surface area contributed by atoms with Gasteiger partial charge in [-0.1, -0.05) is 125 Å². The molecule has 1 fully saturated rings. The molecule has 0 bridgehead atoms. The van der Waals surface area contributed by atoms with E-state index in [2.05, 4.69) is 42.0 Å². The van der Waals surface area contributed by atoms with Crippen LogP contribution in [0.5, 0.6) is 0 Å². The Balaban J connectivity index is 0.000000287. The smallest absolute Gasteiger partial charge is 0.130 e. The molecule has 0 spiro atoms. The molecule has 315 valence electrons. The largest absolute Gasteiger partial charge is 0.500 e. The average Bonchev–Trinajstić information content (AvgIpc) is 3.72. The van der Waals surface area contributed by atoms with Gasteiger partial charge in [0.15, 0.2) is 0 Å². The van der Waals surface area contributed by atoms with E-state index in [-0.39, 0.29) is 65.1 Å². The summed E-state index contributed by atoms with van der Waals surface area (Å²) in [5.74, 6) is -1.06. The second kappa shape index (κ2) is 18.4. The summed E-state index contributed by atoms with van der Waals surface area (Å²) in [4.78, 5) is 8.85. The first-order chi connectivity index (χ1) is 34.4. The standard InChI is InChI=1S/C40H35N2O.C17H20N.Ir/c1-25-21-29(27-17-19-40(3,4)20-18-27)13-15-31(25)35-22-36(42-24-26(35)2)34-12-8-11-32-33-16-14-30(23-41)37(39(33)43-38(32)34)28-9-6-5-7-10-28;1-13-5-8-15(9-6-13)16-10-7-14(12-18-16)11-17(2,3)4;/h5-11,13-16,21-22,24,27H,17-20H2,1-4H3;5-8,10,12H,11H2,1-4H3;/q2*-1;/i1D3,2D3,15D,27D;1D3,11D2;. The van der Waals surface area contributed by atoms with Crippen LogP contribution in [0.15, 0.2) is 126 Å². The van der Waals surface area contributed by atoms with Crippen molar-refractivity contribution in [3.63, 3.8) is 0 Å². The summed E-state index contributed by atoms with van der Waals surface area (Å²) in [5, 5.41) is 11.5. The molecule has 0 unspecified atom stereocenters. The first kappa shape index (κ1) is 30.4. The van der Waals surface area contributed by atoms with Gasteiger partial charge in [0.1, 0.15) is 5.58 Å². The SMILES string of the molecule is [2H]C([2H])([2H])c1c[c-]c(-c2ccc(C([2H])([2H])C(C)(C)C)cn2)cc1.[2H]c1cc(C2([2H])CCC(C)(C)CC2)cc(C([2H])([2H])[2H])c1-c1cc(-c2[c-]ccc3c2oc2c(-c4ccccc4)c(C#N)ccc23)ncc1C([2H])([2H])[2H].[Ir]. The molecular formula is C57H55IrN3O-2. The average molecular weight is 1000 g/mol. The fourth-order valence-electron chi connectivity index (χ4n) is 7.86. The Morgan fingerprint density at radius 2 is 1.63 bits per heavy atom. The van der Waals surface area contributed by atoms with Crippen LogP contribution in [-0.4, -0.2) is 9.97 Å². The van der Waals surface area contributed by atoms with Gasteiger partial charge in [0.25, 0.3) is 0 Å². The van der Waals surface area contributed by atoms with Gasteiger partial charge in [-0.15, -0.1) is 53.6 Å². The maximum Gasteiger partial charge on any atom is 0.130 e. The first-order valence-corrected chi connectivity index (χ1v) is 20.4. The Kier molecular flexibility index (Phi) is 9.00. The number of hydrogen-bond acceptors (Lipinski definition) is 4. The first-order valence-electron chi connectivity index (χ1n) is 26.9. The number of benzene rings is 5. The quantitative estimate of drug-likeness (QED) is 0.156. The number of nitriles is 1. The normalized spacial score (nSPS) is 18.3. The van der Waals surface area contributed by atoms with Crippen molar-refractivity contribution in [2.45, 2.75) is 93.1 Å². The topological polar surface area (TPSA) is 62.7 Å². The maximum atomic E-state index is 9.99. The molecule has 0 saturated heterocycles. The van der Waals surface area contributed by atoms with Crippen LogP contribution in [-0.2, 0) is 26.5 Å². The molecule has 0 aliphatic heterocycles. The van der Waals surface area contributed by atoms with Crippen molar-refractivity contribution in [1.29, 1.82) is 5.26 Å². The summed E-state index contributed by atoms with van der Waals surface area (Å²) in [6.07, 6.45) is 3.89. The summed E-state index contributed by atoms with van der Waals surface area (Å²) in [6.45, 7) is 2.33. The van der Waals surface area contributed by atoms with Crippen LogP contribution in [0.3, 0.4) is 0 Å². The van der Waals surface area contributed by atoms with Crippen LogP contribution >= 0.6 is 0 Å². The molecule has 5 heteroatoms. The van der Waals surface area contributed by atoms with Gasteiger partial charge >= 0.3 is 0 Å². The van der Waals surface area contributed by atoms with E-state index in [0.717, 1.165) is 29.2 Å². The minimum atomic E-state index is -2.71. The van der Waals surface area contributed by atoms with E-state index in [9.17, 15) is 8.00 Å². The number of pyridine rings is 2. The number of aromatic nitrogens is 2. The molecule has 3 heterocycles. The van der Waals surface area contributed by atoms with Gasteiger partial charge in [-0.2, -0.15) is 5.26 Å². The van der Waals surface area contributed by atoms with Crippen LogP contribution in [0.1, 0.15) is 117 Å². The fourth-order valence-corrected chi connectivity index (χ4v) is 7.86. The molecule has 0 N–H and O–H groups in total. The van der Waals surface area contributed by atoms with Crippen molar-refractivity contribution in [3.05, 3.63) is 167 Å². The Morgan fingerprint density at radius 1 is 0.855 bits per heavy atom. The van der Waals surface area contributed by atoms with E-state index >= 15 is 0 Å². The van der Waals surface area contributed by atoms with Crippen LogP contribution < -0.4 is 0 Å². The van der Waals surface area contributed by atoms with Crippen molar-refractivity contribution in [2.24, 2.45) is 10.8 Å². The predicted octanol–water partition coefficient (Wildman–Crippen LogP) is 15.4. The van der Waals surface area contributed by atoms with E-state index in [1.165, 1.54) is 36.7 Å². The maximum absolute atomic E-state index is 9.99. The number of hydrogen-bond donors (Lipinski definition) is 0. The van der Waals surface area contributed by atoms with Crippen LogP contribution in [0.4, 0.5) is 0 Å². The van der Waals surface area contributed by atoms with Gasteiger partial charge in [-0.05, 0) is 119 Å². The molecule has 0 atom stereocenters. The zero-order valence-electron chi connectivity index (χ0n) is 48.4. The van der Waals surface area contributed by atoms with E-state index in [4.69, 9.17) is 19.5 Å². The summed E-state index contributed by atoms with van der Waals surface area (Å²) >= 11 is 0. The molecule has 1 radical (unpaired) electrons. The molecule has 5 aromatic carbocycles. The molecule has 1 aliphatic rings. The van der Waals surface area contributed by atoms with Gasteiger partial charge in [0, 0.05) is 59.9 Å². The Bertz CT molecular complexity index is 3410. The van der Waals surface area contributed by atoms with Crippen LogP contribution in [0.25, 0.3) is 66.7 Å². The number of nitrogens with zero attached hydrogens (tertiary/aromatic N) is 3.